The van der Waals surface area contributed by atoms with Gasteiger partial charge in [-0.05, 0) is 12.5 Å². The second-order valence-electron chi connectivity index (χ2n) is 3.80. The van der Waals surface area contributed by atoms with Gasteiger partial charge in [-0.1, -0.05) is 0 Å². The Hall–Kier alpha value is -1.63. The average molecular weight is 230 g/mol. The van der Waals surface area contributed by atoms with E-state index in [4.69, 9.17) is 15.9 Å². The molecule has 0 spiro atoms. The Balaban J connectivity index is 2.75. The van der Waals surface area contributed by atoms with Crippen molar-refractivity contribution in [3.8, 4) is 0 Å². The van der Waals surface area contributed by atoms with Crippen molar-refractivity contribution in [2.75, 3.05) is 13.1 Å². The first-order chi connectivity index (χ1) is 7.45. The van der Waals surface area contributed by atoms with Gasteiger partial charge in [-0.25, -0.2) is 4.79 Å². The second kappa shape index (κ2) is 4.93. The molecule has 0 bridgehead atoms. The van der Waals surface area contributed by atoms with E-state index in [2.05, 4.69) is 0 Å². The number of hydrogen-bond acceptors (Lipinski definition) is 4. The summed E-state index contributed by atoms with van der Waals surface area (Å²) >= 11 is 0. The number of amides is 1. The van der Waals surface area contributed by atoms with Gasteiger partial charge in [0.2, 0.25) is 5.91 Å². The molecule has 0 saturated carbocycles. The SMILES string of the molecule is NCC1CC(=O)N(C(CC(=O)O)C(=O)O)C1. The molecule has 2 unspecified atom stereocenters. The van der Waals surface area contributed by atoms with Crippen LogP contribution in [0.3, 0.4) is 0 Å². The third-order valence-electron chi connectivity index (χ3n) is 2.60. The zero-order valence-electron chi connectivity index (χ0n) is 8.63. The van der Waals surface area contributed by atoms with Crippen LogP contribution < -0.4 is 5.73 Å². The summed E-state index contributed by atoms with van der Waals surface area (Å²) in [4.78, 5) is 34.0. The molecule has 1 amide bonds. The smallest absolute Gasteiger partial charge is 0.327 e. The molecule has 1 aliphatic heterocycles. The van der Waals surface area contributed by atoms with Gasteiger partial charge in [0.25, 0.3) is 0 Å². The van der Waals surface area contributed by atoms with Gasteiger partial charge in [0.05, 0.1) is 6.42 Å². The lowest BCUT2D eigenvalue weighted by Crippen LogP contribution is -2.43. The van der Waals surface area contributed by atoms with Crippen LogP contribution in [0.1, 0.15) is 12.8 Å². The number of likely N-dealkylation sites (tertiary alicyclic amines) is 1. The second-order valence-corrected chi connectivity index (χ2v) is 3.80. The zero-order chi connectivity index (χ0) is 12.3. The predicted octanol–water partition coefficient (Wildman–Crippen LogP) is -1.28. The largest absolute Gasteiger partial charge is 0.481 e. The molecule has 1 aliphatic rings. The number of nitrogens with zero attached hydrogens (tertiary/aromatic N) is 1. The predicted molar refractivity (Wildman–Crippen MR) is 52.6 cm³/mol. The lowest BCUT2D eigenvalue weighted by Gasteiger charge is -2.23. The Kier molecular flexibility index (Phi) is 3.83. The number of carboxylic acids is 2. The maximum atomic E-state index is 11.5. The highest BCUT2D eigenvalue weighted by Crippen LogP contribution is 2.20. The van der Waals surface area contributed by atoms with Crippen LogP contribution in [0.2, 0.25) is 0 Å². The number of carbonyl (C=O) groups is 3. The van der Waals surface area contributed by atoms with Crippen molar-refractivity contribution in [3.05, 3.63) is 0 Å². The fourth-order valence-electron chi connectivity index (χ4n) is 1.76. The molecule has 1 rings (SSSR count). The van der Waals surface area contributed by atoms with Crippen molar-refractivity contribution in [1.82, 2.24) is 4.90 Å². The summed E-state index contributed by atoms with van der Waals surface area (Å²) in [6.07, 6.45) is -0.391. The van der Waals surface area contributed by atoms with Crippen molar-refractivity contribution >= 4 is 17.8 Å². The van der Waals surface area contributed by atoms with Crippen molar-refractivity contribution in [2.24, 2.45) is 11.7 Å². The highest BCUT2D eigenvalue weighted by molar-refractivity contribution is 5.88. The highest BCUT2D eigenvalue weighted by atomic mass is 16.4. The molecule has 7 heteroatoms. The van der Waals surface area contributed by atoms with Gasteiger partial charge in [0.15, 0.2) is 0 Å². The molecule has 2 atom stereocenters. The van der Waals surface area contributed by atoms with E-state index in [1.165, 1.54) is 0 Å². The minimum Gasteiger partial charge on any atom is -0.481 e. The minimum absolute atomic E-state index is 0.0804. The van der Waals surface area contributed by atoms with Crippen LogP contribution in [-0.4, -0.2) is 52.1 Å². The van der Waals surface area contributed by atoms with Gasteiger partial charge in [0, 0.05) is 13.0 Å². The van der Waals surface area contributed by atoms with Gasteiger partial charge >= 0.3 is 11.9 Å². The van der Waals surface area contributed by atoms with Gasteiger partial charge in [-0.3, -0.25) is 9.59 Å². The Bertz CT molecular complexity index is 317. The van der Waals surface area contributed by atoms with Crippen LogP contribution in [0.5, 0.6) is 0 Å². The number of carbonyl (C=O) groups excluding carboxylic acids is 1. The molecule has 0 aliphatic carbocycles. The van der Waals surface area contributed by atoms with E-state index in [0.717, 1.165) is 4.90 Å². The Labute approximate surface area is 91.8 Å². The van der Waals surface area contributed by atoms with Crippen molar-refractivity contribution < 1.29 is 24.6 Å². The minimum atomic E-state index is -1.30. The molecular formula is C9H14N2O5. The molecule has 4 N–H and O–H groups in total. The Morgan fingerprint density at radius 1 is 1.50 bits per heavy atom. The first-order valence-corrected chi connectivity index (χ1v) is 4.89. The summed E-state index contributed by atoms with van der Waals surface area (Å²) in [5, 5.41) is 17.4. The van der Waals surface area contributed by atoms with Crippen LogP contribution >= 0.6 is 0 Å². The molecule has 7 nitrogen and oxygen atoms in total. The van der Waals surface area contributed by atoms with E-state index >= 15 is 0 Å². The molecule has 0 aromatic carbocycles. The van der Waals surface area contributed by atoms with E-state index in [-0.39, 0.29) is 24.8 Å². The molecule has 0 aromatic rings. The highest BCUT2D eigenvalue weighted by Gasteiger charge is 2.38. The summed E-state index contributed by atoms with van der Waals surface area (Å²) in [5.74, 6) is -2.96. The van der Waals surface area contributed by atoms with Gasteiger partial charge in [-0.15, -0.1) is 0 Å². The molecule has 0 radical (unpaired) electrons. The van der Waals surface area contributed by atoms with Gasteiger partial charge < -0.3 is 20.8 Å². The summed E-state index contributed by atoms with van der Waals surface area (Å²) in [5.41, 5.74) is 5.39. The Morgan fingerprint density at radius 2 is 2.12 bits per heavy atom. The van der Waals surface area contributed by atoms with Crippen LogP contribution in [0.25, 0.3) is 0 Å². The van der Waals surface area contributed by atoms with E-state index in [1.807, 2.05) is 0 Å². The van der Waals surface area contributed by atoms with E-state index in [0.29, 0.717) is 6.54 Å². The zero-order valence-corrected chi connectivity index (χ0v) is 8.63. The summed E-state index contributed by atoms with van der Waals surface area (Å²) < 4.78 is 0. The van der Waals surface area contributed by atoms with Crippen LogP contribution in [-0.2, 0) is 14.4 Å². The molecule has 1 saturated heterocycles. The third kappa shape index (κ3) is 2.69. The molecule has 1 fully saturated rings. The molecule has 90 valence electrons. The topological polar surface area (TPSA) is 121 Å². The maximum Gasteiger partial charge on any atom is 0.327 e. The van der Waals surface area contributed by atoms with Crippen molar-refractivity contribution in [1.29, 1.82) is 0 Å². The summed E-state index contributed by atoms with van der Waals surface area (Å²) in [6, 6.07) is -1.29. The third-order valence-corrected chi connectivity index (χ3v) is 2.60. The number of carboxylic acid groups (broad SMARTS) is 2. The van der Waals surface area contributed by atoms with Crippen LogP contribution in [0.4, 0.5) is 0 Å². The lowest BCUT2D eigenvalue weighted by molar-refractivity contribution is -0.153. The van der Waals surface area contributed by atoms with Crippen molar-refractivity contribution in [2.45, 2.75) is 18.9 Å². The van der Waals surface area contributed by atoms with Gasteiger partial charge in [-0.2, -0.15) is 0 Å². The monoisotopic (exact) mass is 230 g/mol. The lowest BCUT2D eigenvalue weighted by atomic mass is 10.1. The number of aliphatic carboxylic acids is 2. The van der Waals surface area contributed by atoms with Crippen LogP contribution in [0, 0.1) is 5.92 Å². The normalized spacial score (nSPS) is 22.2. The maximum absolute atomic E-state index is 11.5. The number of rotatable bonds is 5. The number of nitrogens with two attached hydrogens (primary N) is 1. The molecule has 1 heterocycles. The average Bonchev–Trinajstić information content (AvgIpc) is 2.55. The summed E-state index contributed by atoms with van der Waals surface area (Å²) in [7, 11) is 0. The van der Waals surface area contributed by atoms with Gasteiger partial charge in [0.1, 0.15) is 6.04 Å². The van der Waals surface area contributed by atoms with E-state index in [9.17, 15) is 14.4 Å². The first kappa shape index (κ1) is 12.4. The Morgan fingerprint density at radius 3 is 2.50 bits per heavy atom. The fraction of sp³-hybridized carbons (Fsp3) is 0.667. The number of hydrogen-bond donors (Lipinski definition) is 3. The standard InChI is InChI=1S/C9H14N2O5/c10-3-5-1-7(12)11(4-5)6(9(15)16)2-8(13)14/h5-6H,1-4,10H2,(H,13,14)(H,15,16). The molecule has 0 aromatic heterocycles. The summed E-state index contributed by atoms with van der Waals surface area (Å²) in [6.45, 7) is 0.515. The van der Waals surface area contributed by atoms with E-state index < -0.39 is 24.4 Å². The van der Waals surface area contributed by atoms with E-state index in [1.54, 1.807) is 0 Å². The quantitative estimate of drug-likeness (QED) is 0.541. The molecular weight excluding hydrogens is 216 g/mol. The molecule has 16 heavy (non-hydrogen) atoms. The first-order valence-electron chi connectivity index (χ1n) is 4.89. The fourth-order valence-corrected chi connectivity index (χ4v) is 1.76. The van der Waals surface area contributed by atoms with Crippen LogP contribution in [0.15, 0.2) is 0 Å². The van der Waals surface area contributed by atoms with Crippen molar-refractivity contribution in [3.63, 3.8) is 0 Å².